The SMILES string of the molecule is CC(=O)Nc1ccc(C(Cl)c2ccccc2)cc1. The van der Waals surface area contributed by atoms with E-state index in [4.69, 9.17) is 11.6 Å². The predicted octanol–water partition coefficient (Wildman–Crippen LogP) is 3.97. The highest BCUT2D eigenvalue weighted by Gasteiger charge is 2.09. The predicted molar refractivity (Wildman–Crippen MR) is 74.9 cm³/mol. The topological polar surface area (TPSA) is 29.1 Å². The molecule has 92 valence electrons. The second kappa shape index (κ2) is 5.69. The Labute approximate surface area is 112 Å². The molecule has 0 aromatic heterocycles. The van der Waals surface area contributed by atoms with Gasteiger partial charge in [-0.25, -0.2) is 0 Å². The van der Waals surface area contributed by atoms with Gasteiger partial charge in [0.05, 0.1) is 5.38 Å². The molecule has 0 fully saturated rings. The van der Waals surface area contributed by atoms with E-state index in [1.807, 2.05) is 54.6 Å². The number of nitrogens with one attached hydrogen (secondary N) is 1. The Morgan fingerprint density at radius 1 is 1.00 bits per heavy atom. The number of halogens is 1. The summed E-state index contributed by atoms with van der Waals surface area (Å²) in [5.74, 6) is -0.0757. The Bertz CT molecular complexity index is 522. The van der Waals surface area contributed by atoms with Gasteiger partial charge in [-0.1, -0.05) is 42.5 Å². The van der Waals surface area contributed by atoms with Gasteiger partial charge < -0.3 is 5.32 Å². The number of benzene rings is 2. The standard InChI is InChI=1S/C15H14ClNO/c1-11(18)17-14-9-7-13(8-10-14)15(16)12-5-3-2-4-6-12/h2-10,15H,1H3,(H,17,18). The van der Waals surface area contributed by atoms with Crippen LogP contribution in [0.5, 0.6) is 0 Å². The first-order valence-corrected chi connectivity index (χ1v) is 6.17. The van der Waals surface area contributed by atoms with Crippen molar-refractivity contribution < 1.29 is 4.79 Å². The van der Waals surface area contributed by atoms with E-state index in [9.17, 15) is 4.79 Å². The fraction of sp³-hybridized carbons (Fsp3) is 0.133. The Hall–Kier alpha value is -1.80. The minimum Gasteiger partial charge on any atom is -0.326 e. The zero-order valence-corrected chi connectivity index (χ0v) is 10.8. The summed E-state index contributed by atoms with van der Waals surface area (Å²) in [6.45, 7) is 1.49. The number of amides is 1. The van der Waals surface area contributed by atoms with Crippen molar-refractivity contribution in [3.05, 3.63) is 65.7 Å². The number of carbonyl (C=O) groups is 1. The van der Waals surface area contributed by atoms with Crippen LogP contribution in [0.3, 0.4) is 0 Å². The minimum absolute atomic E-state index is 0.0757. The number of anilines is 1. The molecule has 0 bridgehead atoms. The molecule has 2 rings (SSSR count). The van der Waals surface area contributed by atoms with Gasteiger partial charge in [0.25, 0.3) is 0 Å². The van der Waals surface area contributed by atoms with E-state index in [2.05, 4.69) is 5.32 Å². The maximum Gasteiger partial charge on any atom is 0.221 e. The molecule has 2 nitrogen and oxygen atoms in total. The summed E-state index contributed by atoms with van der Waals surface area (Å²) in [5.41, 5.74) is 2.85. The molecule has 0 saturated carbocycles. The normalized spacial score (nSPS) is 11.9. The van der Waals surface area contributed by atoms with Crippen molar-refractivity contribution in [3.8, 4) is 0 Å². The summed E-state index contributed by atoms with van der Waals surface area (Å²) in [6.07, 6.45) is 0. The third kappa shape index (κ3) is 3.11. The fourth-order valence-electron chi connectivity index (χ4n) is 1.75. The lowest BCUT2D eigenvalue weighted by Gasteiger charge is -2.11. The molecule has 18 heavy (non-hydrogen) atoms. The molecule has 0 saturated heterocycles. The van der Waals surface area contributed by atoms with E-state index in [0.717, 1.165) is 16.8 Å². The van der Waals surface area contributed by atoms with Crippen molar-refractivity contribution in [1.29, 1.82) is 0 Å². The number of alkyl halides is 1. The quantitative estimate of drug-likeness (QED) is 0.830. The minimum atomic E-state index is -0.169. The van der Waals surface area contributed by atoms with Crippen LogP contribution < -0.4 is 5.32 Å². The number of hydrogen-bond donors (Lipinski definition) is 1. The molecule has 0 spiro atoms. The second-order valence-electron chi connectivity index (χ2n) is 4.08. The zero-order valence-electron chi connectivity index (χ0n) is 10.1. The van der Waals surface area contributed by atoms with Gasteiger partial charge in [-0.2, -0.15) is 0 Å². The van der Waals surface area contributed by atoms with Crippen LogP contribution in [0.4, 0.5) is 5.69 Å². The summed E-state index contributed by atoms with van der Waals surface area (Å²) >= 11 is 6.40. The Morgan fingerprint density at radius 3 is 2.11 bits per heavy atom. The lowest BCUT2D eigenvalue weighted by Crippen LogP contribution is -2.05. The number of hydrogen-bond acceptors (Lipinski definition) is 1. The largest absolute Gasteiger partial charge is 0.326 e. The monoisotopic (exact) mass is 259 g/mol. The molecule has 2 aromatic carbocycles. The average molecular weight is 260 g/mol. The van der Waals surface area contributed by atoms with Gasteiger partial charge >= 0.3 is 0 Å². The summed E-state index contributed by atoms with van der Waals surface area (Å²) in [6, 6.07) is 17.5. The van der Waals surface area contributed by atoms with Crippen molar-refractivity contribution >= 4 is 23.2 Å². The number of carbonyl (C=O) groups excluding carboxylic acids is 1. The lowest BCUT2D eigenvalue weighted by atomic mass is 10.0. The molecular weight excluding hydrogens is 246 g/mol. The highest BCUT2D eigenvalue weighted by atomic mass is 35.5. The van der Waals surface area contributed by atoms with Crippen LogP contribution in [-0.4, -0.2) is 5.91 Å². The van der Waals surface area contributed by atoms with Crippen LogP contribution in [0.15, 0.2) is 54.6 Å². The van der Waals surface area contributed by atoms with Gasteiger partial charge in [-0.3, -0.25) is 4.79 Å². The van der Waals surface area contributed by atoms with Crippen LogP contribution in [0.25, 0.3) is 0 Å². The van der Waals surface area contributed by atoms with Crippen LogP contribution >= 0.6 is 11.6 Å². The number of rotatable bonds is 3. The van der Waals surface area contributed by atoms with E-state index in [-0.39, 0.29) is 11.3 Å². The molecule has 0 aliphatic heterocycles. The Morgan fingerprint density at radius 2 is 1.56 bits per heavy atom. The van der Waals surface area contributed by atoms with Gasteiger partial charge in [0.1, 0.15) is 0 Å². The average Bonchev–Trinajstić information content (AvgIpc) is 2.39. The van der Waals surface area contributed by atoms with Crippen molar-refractivity contribution in [1.82, 2.24) is 0 Å². The van der Waals surface area contributed by atoms with Gasteiger partial charge in [-0.15, -0.1) is 11.6 Å². The van der Waals surface area contributed by atoms with Crippen molar-refractivity contribution in [2.75, 3.05) is 5.32 Å². The van der Waals surface area contributed by atoms with E-state index >= 15 is 0 Å². The van der Waals surface area contributed by atoms with Crippen molar-refractivity contribution in [2.45, 2.75) is 12.3 Å². The third-order valence-corrected chi connectivity index (χ3v) is 3.12. The van der Waals surface area contributed by atoms with E-state index in [0.29, 0.717) is 0 Å². The van der Waals surface area contributed by atoms with Crippen LogP contribution in [-0.2, 0) is 4.79 Å². The van der Waals surface area contributed by atoms with Gasteiger partial charge in [0.2, 0.25) is 5.91 Å². The van der Waals surface area contributed by atoms with Crippen LogP contribution in [0.1, 0.15) is 23.4 Å². The first kappa shape index (κ1) is 12.7. The summed E-state index contributed by atoms with van der Waals surface area (Å²) in [5, 5.41) is 2.56. The van der Waals surface area contributed by atoms with Crippen LogP contribution in [0.2, 0.25) is 0 Å². The molecule has 1 unspecified atom stereocenters. The van der Waals surface area contributed by atoms with Gasteiger partial charge in [0.15, 0.2) is 0 Å². The Balaban J connectivity index is 2.17. The maximum absolute atomic E-state index is 10.9. The van der Waals surface area contributed by atoms with E-state index in [1.54, 1.807) is 0 Å². The molecule has 0 heterocycles. The highest BCUT2D eigenvalue weighted by Crippen LogP contribution is 2.29. The van der Waals surface area contributed by atoms with Crippen molar-refractivity contribution in [3.63, 3.8) is 0 Å². The summed E-state index contributed by atoms with van der Waals surface area (Å²) in [7, 11) is 0. The zero-order chi connectivity index (χ0) is 13.0. The highest BCUT2D eigenvalue weighted by molar-refractivity contribution is 6.22. The molecule has 1 atom stereocenters. The molecule has 0 aliphatic rings. The molecule has 1 amide bonds. The molecule has 0 aliphatic carbocycles. The lowest BCUT2D eigenvalue weighted by molar-refractivity contribution is -0.114. The first-order valence-electron chi connectivity index (χ1n) is 5.73. The molecule has 3 heteroatoms. The van der Waals surface area contributed by atoms with Gasteiger partial charge in [-0.05, 0) is 23.3 Å². The first-order chi connectivity index (χ1) is 8.66. The molecule has 1 N–H and O–H groups in total. The fourth-order valence-corrected chi connectivity index (χ4v) is 2.04. The smallest absolute Gasteiger partial charge is 0.221 e. The van der Waals surface area contributed by atoms with Crippen LogP contribution in [0, 0.1) is 0 Å². The second-order valence-corrected chi connectivity index (χ2v) is 4.51. The Kier molecular flexibility index (Phi) is 4.00. The molecule has 2 aromatic rings. The summed E-state index contributed by atoms with van der Waals surface area (Å²) in [4.78, 5) is 10.9. The molecular formula is C15H14ClNO. The molecule has 0 radical (unpaired) electrons. The van der Waals surface area contributed by atoms with E-state index in [1.165, 1.54) is 6.92 Å². The third-order valence-electron chi connectivity index (χ3n) is 2.62. The van der Waals surface area contributed by atoms with E-state index < -0.39 is 0 Å². The summed E-state index contributed by atoms with van der Waals surface area (Å²) < 4.78 is 0. The maximum atomic E-state index is 10.9. The van der Waals surface area contributed by atoms with Crippen molar-refractivity contribution in [2.24, 2.45) is 0 Å². The van der Waals surface area contributed by atoms with Gasteiger partial charge in [0, 0.05) is 12.6 Å².